The molecule has 1 rings (SSSR count). The lowest BCUT2D eigenvalue weighted by atomic mass is 10.0. The van der Waals surface area contributed by atoms with E-state index in [-0.39, 0.29) is 5.25 Å². The van der Waals surface area contributed by atoms with E-state index in [1.165, 1.54) is 24.8 Å². The average Bonchev–Trinajstić information content (AvgIpc) is 2.43. The molecule has 0 spiro atoms. The van der Waals surface area contributed by atoms with Gasteiger partial charge < -0.3 is 5.32 Å². The van der Waals surface area contributed by atoms with Crippen molar-refractivity contribution in [1.82, 2.24) is 5.32 Å². The number of hydrogen-bond acceptors (Lipinski definition) is 2. The van der Waals surface area contributed by atoms with E-state index >= 15 is 0 Å². The highest BCUT2D eigenvalue weighted by Gasteiger charge is 2.13. The van der Waals surface area contributed by atoms with Crippen molar-refractivity contribution in [3.63, 3.8) is 0 Å². The monoisotopic (exact) mass is 281 g/mol. The number of rotatable bonds is 9. The van der Waals surface area contributed by atoms with Gasteiger partial charge in [0.1, 0.15) is 0 Å². The molecular weight excluding hydrogens is 254 g/mol. The third-order valence-corrected chi connectivity index (χ3v) is 4.82. The average molecular weight is 281 g/mol. The van der Waals surface area contributed by atoms with Crippen LogP contribution in [0.15, 0.2) is 30.3 Å². The maximum absolute atomic E-state index is 11.4. The summed E-state index contributed by atoms with van der Waals surface area (Å²) in [6.07, 6.45) is 6.70. The maximum atomic E-state index is 11.4. The van der Waals surface area contributed by atoms with Crippen LogP contribution in [0.25, 0.3) is 0 Å². The van der Waals surface area contributed by atoms with E-state index in [0.29, 0.717) is 6.04 Å². The summed E-state index contributed by atoms with van der Waals surface area (Å²) in [4.78, 5) is 0. The second kappa shape index (κ2) is 9.27. The first-order valence-corrected chi connectivity index (χ1v) is 8.87. The van der Waals surface area contributed by atoms with Crippen LogP contribution in [0.2, 0.25) is 0 Å². The zero-order valence-corrected chi connectivity index (χ0v) is 13.2. The molecule has 0 aliphatic rings. The highest BCUT2D eigenvalue weighted by atomic mass is 32.2. The predicted molar refractivity (Wildman–Crippen MR) is 84.9 cm³/mol. The van der Waals surface area contributed by atoms with Gasteiger partial charge in [0.05, 0.1) is 0 Å². The summed E-state index contributed by atoms with van der Waals surface area (Å²) in [5.74, 6) is 0. The number of nitrogens with one attached hydrogen (secondary N) is 1. The molecule has 1 aromatic carbocycles. The van der Waals surface area contributed by atoms with Crippen molar-refractivity contribution in [3.8, 4) is 0 Å². The first-order chi connectivity index (χ1) is 9.15. The Morgan fingerprint density at radius 2 is 1.89 bits per heavy atom. The molecule has 3 heteroatoms. The molecule has 0 aromatic heterocycles. The normalized spacial score (nSPS) is 15.9. The van der Waals surface area contributed by atoms with Crippen molar-refractivity contribution in [1.29, 1.82) is 0 Å². The lowest BCUT2D eigenvalue weighted by molar-refractivity contribution is 0.475. The van der Waals surface area contributed by atoms with Crippen LogP contribution < -0.4 is 5.32 Å². The molecule has 0 saturated carbocycles. The molecule has 0 amide bonds. The van der Waals surface area contributed by atoms with Gasteiger partial charge in [-0.1, -0.05) is 56.5 Å². The van der Waals surface area contributed by atoms with E-state index in [1.54, 1.807) is 6.26 Å². The minimum Gasteiger partial charge on any atom is -0.309 e. The van der Waals surface area contributed by atoms with Gasteiger partial charge in [-0.3, -0.25) is 4.21 Å². The van der Waals surface area contributed by atoms with E-state index in [2.05, 4.69) is 42.6 Å². The smallest absolute Gasteiger partial charge is 0.0441 e. The molecule has 0 fully saturated rings. The molecule has 0 heterocycles. The summed E-state index contributed by atoms with van der Waals surface area (Å²) in [7, 11) is -0.753. The summed E-state index contributed by atoms with van der Waals surface area (Å²) in [6, 6.07) is 11.0. The lowest BCUT2D eigenvalue weighted by Crippen LogP contribution is -2.31. The second-order valence-electron chi connectivity index (χ2n) is 5.18. The summed E-state index contributed by atoms with van der Waals surface area (Å²) in [5, 5.41) is 3.79. The molecule has 1 N–H and O–H groups in total. The molecule has 1 aromatic rings. The predicted octanol–water partition coefficient (Wildman–Crippen LogP) is 3.66. The van der Waals surface area contributed by atoms with Crippen molar-refractivity contribution in [2.75, 3.05) is 12.8 Å². The zero-order chi connectivity index (χ0) is 14.1. The molecule has 0 aliphatic heterocycles. The third kappa shape index (κ3) is 6.35. The number of benzene rings is 1. The van der Waals surface area contributed by atoms with Crippen LogP contribution in [-0.2, 0) is 10.8 Å². The summed E-state index contributed by atoms with van der Waals surface area (Å²) >= 11 is 0. The van der Waals surface area contributed by atoms with Gasteiger partial charge in [0.15, 0.2) is 0 Å². The van der Waals surface area contributed by atoms with Crippen molar-refractivity contribution >= 4 is 10.8 Å². The van der Waals surface area contributed by atoms with Crippen molar-refractivity contribution < 1.29 is 4.21 Å². The van der Waals surface area contributed by atoms with Crippen LogP contribution in [0.1, 0.15) is 51.1 Å². The summed E-state index contributed by atoms with van der Waals surface area (Å²) < 4.78 is 11.4. The van der Waals surface area contributed by atoms with Gasteiger partial charge >= 0.3 is 0 Å². The van der Waals surface area contributed by atoms with E-state index in [1.807, 2.05) is 6.92 Å². The van der Waals surface area contributed by atoms with Gasteiger partial charge in [-0.2, -0.15) is 0 Å². The van der Waals surface area contributed by atoms with Gasteiger partial charge in [0.2, 0.25) is 0 Å². The fraction of sp³-hybridized carbons (Fsp3) is 0.625. The molecule has 19 heavy (non-hydrogen) atoms. The molecule has 0 aliphatic carbocycles. The van der Waals surface area contributed by atoms with Gasteiger partial charge in [-0.25, -0.2) is 0 Å². The summed E-state index contributed by atoms with van der Waals surface area (Å²) in [5.41, 5.74) is 1.34. The number of unbranched alkanes of at least 4 members (excludes halogenated alkanes) is 2. The Balaban J connectivity index is 2.57. The third-order valence-electron chi connectivity index (χ3n) is 3.52. The highest BCUT2D eigenvalue weighted by Crippen LogP contribution is 2.19. The zero-order valence-electron chi connectivity index (χ0n) is 12.4. The van der Waals surface area contributed by atoms with Crippen LogP contribution in [0.3, 0.4) is 0 Å². The molecule has 0 radical (unpaired) electrons. The van der Waals surface area contributed by atoms with Crippen LogP contribution in [0, 0.1) is 0 Å². The molecular formula is C16H27NOS. The Morgan fingerprint density at radius 3 is 2.47 bits per heavy atom. The molecule has 0 saturated heterocycles. The first kappa shape index (κ1) is 16.4. The molecule has 3 unspecified atom stereocenters. The summed E-state index contributed by atoms with van der Waals surface area (Å²) in [6.45, 7) is 5.08. The molecule has 3 atom stereocenters. The lowest BCUT2D eigenvalue weighted by Gasteiger charge is -2.21. The highest BCUT2D eigenvalue weighted by molar-refractivity contribution is 7.84. The minimum absolute atomic E-state index is 0.206. The van der Waals surface area contributed by atoms with E-state index in [9.17, 15) is 4.21 Å². The van der Waals surface area contributed by atoms with Crippen LogP contribution in [0.5, 0.6) is 0 Å². The van der Waals surface area contributed by atoms with E-state index < -0.39 is 10.8 Å². The van der Waals surface area contributed by atoms with Gasteiger partial charge in [-0.05, 0) is 18.9 Å². The SMILES string of the molecule is CCCCCC(NCC(C)S(C)=O)c1ccccc1. The standard InChI is InChI=1S/C16H27NOS/c1-4-5-7-12-16(15-10-8-6-9-11-15)17-13-14(2)19(3)18/h6,8-11,14,16-17H,4-5,7,12-13H2,1-3H3. The van der Waals surface area contributed by atoms with Crippen LogP contribution >= 0.6 is 0 Å². The molecule has 108 valence electrons. The minimum atomic E-state index is -0.753. The number of hydrogen-bond donors (Lipinski definition) is 1. The van der Waals surface area contributed by atoms with Crippen molar-refractivity contribution in [2.24, 2.45) is 0 Å². The second-order valence-corrected chi connectivity index (χ2v) is 6.98. The van der Waals surface area contributed by atoms with E-state index in [4.69, 9.17) is 0 Å². The van der Waals surface area contributed by atoms with Crippen LogP contribution in [-0.4, -0.2) is 22.3 Å². The molecule has 2 nitrogen and oxygen atoms in total. The quantitative estimate of drug-likeness (QED) is 0.700. The van der Waals surface area contributed by atoms with Gasteiger partial charge in [-0.15, -0.1) is 0 Å². The Morgan fingerprint density at radius 1 is 1.21 bits per heavy atom. The Kier molecular flexibility index (Phi) is 7.99. The molecule has 0 bridgehead atoms. The fourth-order valence-corrected chi connectivity index (χ4v) is 2.43. The fourth-order valence-electron chi connectivity index (χ4n) is 2.10. The van der Waals surface area contributed by atoms with Crippen molar-refractivity contribution in [3.05, 3.63) is 35.9 Å². The van der Waals surface area contributed by atoms with Gasteiger partial charge in [0.25, 0.3) is 0 Å². The Hall–Kier alpha value is -0.670. The van der Waals surface area contributed by atoms with Crippen molar-refractivity contribution in [2.45, 2.75) is 50.8 Å². The van der Waals surface area contributed by atoms with E-state index in [0.717, 1.165) is 13.0 Å². The largest absolute Gasteiger partial charge is 0.309 e. The first-order valence-electron chi connectivity index (χ1n) is 7.25. The Labute approximate surface area is 120 Å². The Bertz CT molecular complexity index is 366. The van der Waals surface area contributed by atoms with Crippen LogP contribution in [0.4, 0.5) is 0 Å². The maximum Gasteiger partial charge on any atom is 0.0441 e. The topological polar surface area (TPSA) is 29.1 Å². The van der Waals surface area contributed by atoms with Gasteiger partial charge in [0, 0.05) is 34.9 Å².